The fourth-order valence-electron chi connectivity index (χ4n) is 2.41. The summed E-state index contributed by atoms with van der Waals surface area (Å²) in [6, 6.07) is 12.2. The van der Waals surface area contributed by atoms with Gasteiger partial charge < -0.3 is 9.73 Å². The Morgan fingerprint density at radius 2 is 1.86 bits per heavy atom. The summed E-state index contributed by atoms with van der Waals surface area (Å²) in [5.74, 6) is 0.917. The Kier molecular flexibility index (Phi) is 4.27. The van der Waals surface area contributed by atoms with E-state index in [4.69, 9.17) is 27.6 Å². The van der Waals surface area contributed by atoms with Crippen LogP contribution in [0.4, 0.5) is 0 Å². The van der Waals surface area contributed by atoms with Crippen LogP contribution in [0.2, 0.25) is 8.67 Å². The van der Waals surface area contributed by atoms with Crippen LogP contribution in [-0.2, 0) is 0 Å². The van der Waals surface area contributed by atoms with Gasteiger partial charge in [-0.15, -0.1) is 11.3 Å². The fourth-order valence-corrected chi connectivity index (χ4v) is 4.06. The highest BCUT2D eigenvalue weighted by molar-refractivity contribution is 7.20. The van der Waals surface area contributed by atoms with Crippen LogP contribution in [0.15, 0.2) is 40.8 Å². The largest absolute Gasteiger partial charge is 0.459 e. The van der Waals surface area contributed by atoms with Gasteiger partial charge in [-0.2, -0.15) is 0 Å². The Morgan fingerprint density at radius 3 is 2.52 bits per heavy atom. The molecule has 0 amide bonds. The van der Waals surface area contributed by atoms with E-state index in [9.17, 15) is 0 Å². The first kappa shape index (κ1) is 14.9. The van der Waals surface area contributed by atoms with E-state index >= 15 is 0 Å². The molecule has 0 radical (unpaired) electrons. The average molecular weight is 340 g/mol. The molecule has 21 heavy (non-hydrogen) atoms. The van der Waals surface area contributed by atoms with Crippen LogP contribution in [0.1, 0.15) is 37.3 Å². The second kappa shape index (κ2) is 6.01. The van der Waals surface area contributed by atoms with Crippen molar-refractivity contribution in [2.45, 2.75) is 25.9 Å². The molecular formula is C16H15Cl2NOS. The molecule has 5 heteroatoms. The minimum Gasteiger partial charge on any atom is -0.459 e. The molecule has 2 heterocycles. The third kappa shape index (κ3) is 3.11. The summed E-state index contributed by atoms with van der Waals surface area (Å²) in [6.07, 6.45) is 0. The summed E-state index contributed by atoms with van der Waals surface area (Å²) in [5, 5.41) is 4.61. The standard InChI is InChI=1S/C16H15Cl2NOS/c1-9(12-8-15(17)21-16(12)18)19-10(2)14-7-11-5-3-4-6-13(11)20-14/h3-10,19H,1-2H3. The molecule has 3 rings (SSSR count). The van der Waals surface area contributed by atoms with E-state index in [0.29, 0.717) is 4.34 Å². The summed E-state index contributed by atoms with van der Waals surface area (Å²) in [6.45, 7) is 4.15. The summed E-state index contributed by atoms with van der Waals surface area (Å²) in [5.41, 5.74) is 1.93. The smallest absolute Gasteiger partial charge is 0.134 e. The van der Waals surface area contributed by atoms with E-state index in [0.717, 1.165) is 26.6 Å². The Balaban J connectivity index is 1.79. The van der Waals surface area contributed by atoms with Crippen molar-refractivity contribution in [2.75, 3.05) is 0 Å². The van der Waals surface area contributed by atoms with Crippen LogP contribution >= 0.6 is 34.5 Å². The molecule has 0 aliphatic heterocycles. The molecule has 0 bridgehead atoms. The third-order valence-electron chi connectivity index (χ3n) is 3.52. The van der Waals surface area contributed by atoms with Gasteiger partial charge in [0, 0.05) is 11.4 Å². The highest BCUT2D eigenvalue weighted by Gasteiger charge is 2.18. The van der Waals surface area contributed by atoms with Gasteiger partial charge in [0.05, 0.1) is 14.7 Å². The van der Waals surface area contributed by atoms with E-state index in [1.165, 1.54) is 11.3 Å². The molecule has 3 aromatic rings. The molecule has 0 fully saturated rings. The second-order valence-corrected chi connectivity index (χ2v) is 7.36. The van der Waals surface area contributed by atoms with Crippen molar-refractivity contribution in [3.05, 3.63) is 56.4 Å². The lowest BCUT2D eigenvalue weighted by Gasteiger charge is -2.18. The predicted octanol–water partition coefficient (Wildman–Crippen LogP) is 6.21. The van der Waals surface area contributed by atoms with Crippen molar-refractivity contribution in [2.24, 2.45) is 0 Å². The molecule has 0 spiro atoms. The van der Waals surface area contributed by atoms with Crippen LogP contribution in [0.3, 0.4) is 0 Å². The SMILES string of the molecule is CC(NC(C)c1cc(Cl)sc1Cl)c1cc2ccccc2o1. The third-order valence-corrected chi connectivity index (χ3v) is 5.04. The number of thiophene rings is 1. The maximum atomic E-state index is 6.20. The van der Waals surface area contributed by atoms with Gasteiger partial charge in [0.1, 0.15) is 11.3 Å². The number of nitrogens with one attached hydrogen (secondary N) is 1. The van der Waals surface area contributed by atoms with E-state index in [-0.39, 0.29) is 12.1 Å². The lowest BCUT2D eigenvalue weighted by Crippen LogP contribution is -2.21. The van der Waals surface area contributed by atoms with Gasteiger partial charge in [-0.3, -0.25) is 0 Å². The molecule has 2 unspecified atom stereocenters. The Labute approximate surface area is 137 Å². The zero-order valence-corrected chi connectivity index (χ0v) is 14.0. The maximum absolute atomic E-state index is 6.20. The van der Waals surface area contributed by atoms with Gasteiger partial charge in [-0.25, -0.2) is 0 Å². The molecule has 2 nitrogen and oxygen atoms in total. The quantitative estimate of drug-likeness (QED) is 0.610. The van der Waals surface area contributed by atoms with Crippen molar-refractivity contribution in [3.8, 4) is 0 Å². The van der Waals surface area contributed by atoms with Gasteiger partial charge in [-0.05, 0) is 37.6 Å². The summed E-state index contributed by atoms with van der Waals surface area (Å²) >= 11 is 13.6. The Hall–Kier alpha value is -1.00. The number of hydrogen-bond donors (Lipinski definition) is 1. The number of furan rings is 1. The van der Waals surface area contributed by atoms with Crippen molar-refractivity contribution >= 4 is 45.5 Å². The Morgan fingerprint density at radius 1 is 1.10 bits per heavy atom. The monoisotopic (exact) mass is 339 g/mol. The molecule has 2 aromatic heterocycles. The maximum Gasteiger partial charge on any atom is 0.134 e. The van der Waals surface area contributed by atoms with Crippen LogP contribution in [-0.4, -0.2) is 0 Å². The minimum atomic E-state index is 0.0853. The summed E-state index contributed by atoms with van der Waals surface area (Å²) in [4.78, 5) is 0. The van der Waals surface area contributed by atoms with Crippen molar-refractivity contribution in [1.82, 2.24) is 5.32 Å². The van der Waals surface area contributed by atoms with Crippen LogP contribution < -0.4 is 5.32 Å². The number of para-hydroxylation sites is 1. The van der Waals surface area contributed by atoms with Crippen molar-refractivity contribution in [3.63, 3.8) is 0 Å². The van der Waals surface area contributed by atoms with E-state index in [2.05, 4.69) is 25.2 Å². The van der Waals surface area contributed by atoms with Crippen molar-refractivity contribution < 1.29 is 4.42 Å². The highest BCUT2D eigenvalue weighted by atomic mass is 35.5. The van der Waals surface area contributed by atoms with Crippen LogP contribution in [0, 0.1) is 0 Å². The average Bonchev–Trinajstić information content (AvgIpc) is 3.01. The lowest BCUT2D eigenvalue weighted by atomic mass is 10.1. The zero-order chi connectivity index (χ0) is 15.0. The van der Waals surface area contributed by atoms with Gasteiger partial charge in [0.2, 0.25) is 0 Å². The van der Waals surface area contributed by atoms with E-state index in [1.807, 2.05) is 30.3 Å². The van der Waals surface area contributed by atoms with Crippen molar-refractivity contribution in [1.29, 1.82) is 0 Å². The molecule has 1 aromatic carbocycles. The summed E-state index contributed by atoms with van der Waals surface area (Å²) in [7, 11) is 0. The van der Waals surface area contributed by atoms with E-state index in [1.54, 1.807) is 0 Å². The van der Waals surface area contributed by atoms with Crippen LogP contribution in [0.5, 0.6) is 0 Å². The predicted molar refractivity (Wildman–Crippen MR) is 90.5 cm³/mol. The molecule has 0 aliphatic rings. The molecule has 110 valence electrons. The lowest BCUT2D eigenvalue weighted by molar-refractivity contribution is 0.418. The van der Waals surface area contributed by atoms with Crippen LogP contribution in [0.25, 0.3) is 11.0 Å². The molecule has 0 saturated heterocycles. The highest BCUT2D eigenvalue weighted by Crippen LogP contribution is 2.36. The molecule has 2 atom stereocenters. The zero-order valence-electron chi connectivity index (χ0n) is 11.7. The number of halogens is 2. The van der Waals surface area contributed by atoms with Gasteiger partial charge in [0.25, 0.3) is 0 Å². The van der Waals surface area contributed by atoms with Gasteiger partial charge >= 0.3 is 0 Å². The molecule has 0 saturated carbocycles. The first-order valence-electron chi connectivity index (χ1n) is 6.74. The molecule has 1 N–H and O–H groups in total. The fraction of sp³-hybridized carbons (Fsp3) is 0.250. The summed E-state index contributed by atoms with van der Waals surface area (Å²) < 4.78 is 7.32. The Bertz CT molecular complexity index is 732. The first-order chi connectivity index (χ1) is 10.0. The topological polar surface area (TPSA) is 25.2 Å². The first-order valence-corrected chi connectivity index (χ1v) is 8.31. The molecule has 0 aliphatic carbocycles. The normalized spacial score (nSPS) is 14.5. The number of hydrogen-bond acceptors (Lipinski definition) is 3. The number of benzene rings is 1. The van der Waals surface area contributed by atoms with Gasteiger partial charge in [-0.1, -0.05) is 41.4 Å². The minimum absolute atomic E-state index is 0.0853. The number of rotatable bonds is 4. The number of fused-ring (bicyclic) bond motifs is 1. The molecular weight excluding hydrogens is 325 g/mol. The van der Waals surface area contributed by atoms with E-state index < -0.39 is 0 Å². The second-order valence-electron chi connectivity index (χ2n) is 5.08. The van der Waals surface area contributed by atoms with Gasteiger partial charge in [0.15, 0.2) is 0 Å².